The van der Waals surface area contributed by atoms with Gasteiger partial charge in [-0.05, 0) is 55.8 Å². The van der Waals surface area contributed by atoms with E-state index in [0.717, 1.165) is 17.3 Å². The predicted molar refractivity (Wildman–Crippen MR) is 106 cm³/mol. The standard InChI is InChI=1S/C20H17N3O5/c1-3-21-9-8-15(18-11-14(13(2)24)5-7-19(18)21)10-16-4-6-17(22(25)26)12-20(16)23(27)28/h4-12H,3H2,1-2H3/b15-10-. The third-order valence-electron chi connectivity index (χ3n) is 4.53. The number of hydrogen-bond acceptors (Lipinski definition) is 6. The summed E-state index contributed by atoms with van der Waals surface area (Å²) >= 11 is 0. The fourth-order valence-corrected chi connectivity index (χ4v) is 3.07. The van der Waals surface area contributed by atoms with Crippen LogP contribution in [0.4, 0.5) is 17.1 Å². The molecule has 0 unspecified atom stereocenters. The predicted octanol–water partition coefficient (Wildman–Crippen LogP) is 4.60. The first kappa shape index (κ1) is 19.0. The lowest BCUT2D eigenvalue weighted by molar-refractivity contribution is -0.394. The van der Waals surface area contributed by atoms with Gasteiger partial charge in [-0.3, -0.25) is 25.0 Å². The molecule has 0 saturated heterocycles. The zero-order chi connectivity index (χ0) is 20.4. The Bertz CT molecular complexity index is 1060. The van der Waals surface area contributed by atoms with Gasteiger partial charge in [-0.1, -0.05) is 0 Å². The molecule has 0 spiro atoms. The summed E-state index contributed by atoms with van der Waals surface area (Å²) < 4.78 is 0. The highest BCUT2D eigenvalue weighted by atomic mass is 16.6. The third-order valence-corrected chi connectivity index (χ3v) is 4.53. The largest absolute Gasteiger partial charge is 0.348 e. The maximum absolute atomic E-state index is 11.8. The summed E-state index contributed by atoms with van der Waals surface area (Å²) in [4.78, 5) is 34.8. The molecule has 0 N–H and O–H groups in total. The molecule has 0 atom stereocenters. The molecule has 1 aliphatic rings. The second-order valence-electron chi connectivity index (χ2n) is 6.25. The number of carbonyl (C=O) groups excluding carboxylic acids is 1. The van der Waals surface area contributed by atoms with Crippen molar-refractivity contribution in [2.45, 2.75) is 13.8 Å². The Balaban J connectivity index is 2.18. The summed E-state index contributed by atoms with van der Waals surface area (Å²) in [6.45, 7) is 4.18. The van der Waals surface area contributed by atoms with Gasteiger partial charge in [-0.2, -0.15) is 0 Å². The zero-order valence-corrected chi connectivity index (χ0v) is 15.3. The van der Waals surface area contributed by atoms with Crippen molar-refractivity contribution in [1.29, 1.82) is 0 Å². The van der Waals surface area contributed by atoms with Crippen LogP contribution in [0.1, 0.15) is 35.3 Å². The second-order valence-corrected chi connectivity index (χ2v) is 6.25. The molecule has 0 amide bonds. The lowest BCUT2D eigenvalue weighted by atomic mass is 9.94. The summed E-state index contributed by atoms with van der Waals surface area (Å²) in [5.41, 5.74) is 2.42. The van der Waals surface area contributed by atoms with E-state index in [2.05, 4.69) is 0 Å². The highest BCUT2D eigenvalue weighted by molar-refractivity contribution is 6.00. The highest BCUT2D eigenvalue weighted by Crippen LogP contribution is 2.36. The van der Waals surface area contributed by atoms with E-state index in [1.54, 1.807) is 24.3 Å². The van der Waals surface area contributed by atoms with Crippen molar-refractivity contribution in [1.82, 2.24) is 0 Å². The van der Waals surface area contributed by atoms with Crippen LogP contribution in [0.25, 0.3) is 11.6 Å². The number of anilines is 1. The van der Waals surface area contributed by atoms with Gasteiger partial charge in [0.2, 0.25) is 0 Å². The minimum absolute atomic E-state index is 0.0823. The summed E-state index contributed by atoms with van der Waals surface area (Å²) in [6.07, 6.45) is 5.27. The number of non-ortho nitro benzene ring substituents is 1. The van der Waals surface area contributed by atoms with Gasteiger partial charge in [0.05, 0.1) is 21.5 Å². The van der Waals surface area contributed by atoms with Crippen LogP contribution in [-0.4, -0.2) is 22.2 Å². The van der Waals surface area contributed by atoms with E-state index in [1.165, 1.54) is 19.1 Å². The van der Waals surface area contributed by atoms with E-state index in [9.17, 15) is 25.0 Å². The first-order chi connectivity index (χ1) is 13.3. The van der Waals surface area contributed by atoms with Crippen molar-refractivity contribution in [2.24, 2.45) is 0 Å². The number of ketones is 1. The fraction of sp³-hybridized carbons (Fsp3) is 0.150. The number of nitro groups is 2. The molecule has 28 heavy (non-hydrogen) atoms. The first-order valence-corrected chi connectivity index (χ1v) is 8.56. The lowest BCUT2D eigenvalue weighted by Gasteiger charge is -2.27. The van der Waals surface area contributed by atoms with Crippen LogP contribution in [0.15, 0.2) is 48.7 Å². The van der Waals surface area contributed by atoms with Gasteiger partial charge < -0.3 is 4.90 Å². The molecule has 0 fully saturated rings. The van der Waals surface area contributed by atoms with E-state index in [0.29, 0.717) is 17.7 Å². The van der Waals surface area contributed by atoms with Gasteiger partial charge in [-0.25, -0.2) is 0 Å². The number of fused-ring (bicyclic) bond motifs is 1. The van der Waals surface area contributed by atoms with E-state index >= 15 is 0 Å². The Morgan fingerprint density at radius 2 is 1.86 bits per heavy atom. The maximum atomic E-state index is 11.8. The van der Waals surface area contributed by atoms with Crippen LogP contribution in [0.3, 0.4) is 0 Å². The van der Waals surface area contributed by atoms with Crippen LogP contribution in [0, 0.1) is 20.2 Å². The minimum Gasteiger partial charge on any atom is -0.348 e. The minimum atomic E-state index is -0.669. The van der Waals surface area contributed by atoms with Crippen LogP contribution in [0.2, 0.25) is 0 Å². The third kappa shape index (κ3) is 3.52. The smallest absolute Gasteiger partial charge is 0.283 e. The Labute approximate surface area is 160 Å². The number of benzene rings is 2. The molecule has 2 aromatic rings. The summed E-state index contributed by atoms with van der Waals surface area (Å²) in [5, 5.41) is 22.3. The van der Waals surface area contributed by atoms with Crippen LogP contribution in [0.5, 0.6) is 0 Å². The number of nitro benzene ring substituents is 2. The van der Waals surface area contributed by atoms with E-state index < -0.39 is 9.85 Å². The maximum Gasteiger partial charge on any atom is 0.283 e. The number of carbonyl (C=O) groups is 1. The molecule has 0 saturated carbocycles. The molecule has 142 valence electrons. The molecule has 1 aliphatic heterocycles. The molecule has 0 aliphatic carbocycles. The van der Waals surface area contributed by atoms with Crippen molar-refractivity contribution in [3.8, 4) is 0 Å². The van der Waals surface area contributed by atoms with Crippen LogP contribution >= 0.6 is 0 Å². The zero-order valence-electron chi connectivity index (χ0n) is 15.3. The molecule has 8 nitrogen and oxygen atoms in total. The number of rotatable bonds is 5. The van der Waals surface area contributed by atoms with Gasteiger partial charge in [0, 0.05) is 35.6 Å². The topological polar surface area (TPSA) is 107 Å². The summed E-state index contributed by atoms with van der Waals surface area (Å²) in [6, 6.07) is 8.89. The molecular formula is C20H17N3O5. The summed E-state index contributed by atoms with van der Waals surface area (Å²) in [7, 11) is 0. The van der Waals surface area contributed by atoms with Crippen molar-refractivity contribution in [3.63, 3.8) is 0 Å². The quantitative estimate of drug-likeness (QED) is 0.427. The summed E-state index contributed by atoms with van der Waals surface area (Å²) in [5.74, 6) is -0.0823. The molecule has 0 aromatic heterocycles. The number of hydrogen-bond donors (Lipinski definition) is 0. The number of nitrogens with zero attached hydrogens (tertiary/aromatic N) is 3. The van der Waals surface area contributed by atoms with Gasteiger partial charge in [0.25, 0.3) is 11.4 Å². The lowest BCUT2D eigenvalue weighted by Crippen LogP contribution is -2.19. The average molecular weight is 379 g/mol. The van der Waals surface area contributed by atoms with E-state index in [4.69, 9.17) is 0 Å². The Hall–Kier alpha value is -3.81. The van der Waals surface area contributed by atoms with Crippen molar-refractivity contribution < 1.29 is 14.6 Å². The van der Waals surface area contributed by atoms with Gasteiger partial charge >= 0.3 is 0 Å². The molecule has 8 heteroatoms. The Kier molecular flexibility index (Phi) is 5.04. The van der Waals surface area contributed by atoms with Gasteiger partial charge in [0.1, 0.15) is 0 Å². The van der Waals surface area contributed by atoms with Gasteiger partial charge in [-0.15, -0.1) is 0 Å². The Morgan fingerprint density at radius 1 is 1.11 bits per heavy atom. The highest BCUT2D eigenvalue weighted by Gasteiger charge is 2.21. The number of Topliss-reactive ketones (excluding diaryl/α,β-unsaturated/α-hetero) is 1. The van der Waals surface area contributed by atoms with Crippen LogP contribution in [-0.2, 0) is 0 Å². The molecular weight excluding hydrogens is 362 g/mol. The molecule has 3 rings (SSSR count). The van der Waals surface area contributed by atoms with Crippen molar-refractivity contribution in [2.75, 3.05) is 11.4 Å². The monoisotopic (exact) mass is 379 g/mol. The first-order valence-electron chi connectivity index (χ1n) is 8.56. The van der Waals surface area contributed by atoms with Crippen LogP contribution < -0.4 is 4.90 Å². The normalized spacial score (nSPS) is 14.1. The SMILES string of the molecule is CCN1C=C/C(=C/c2ccc([N+](=O)[O-])cc2[N+](=O)[O-])c2cc(C(C)=O)ccc21. The van der Waals surface area contributed by atoms with E-state index in [-0.39, 0.29) is 22.7 Å². The van der Waals surface area contributed by atoms with Crippen molar-refractivity contribution >= 4 is 34.5 Å². The molecule has 0 bridgehead atoms. The van der Waals surface area contributed by atoms with Crippen molar-refractivity contribution in [3.05, 3.63) is 85.6 Å². The number of allylic oxidation sites excluding steroid dienone is 2. The second kappa shape index (κ2) is 7.43. The average Bonchev–Trinajstić information content (AvgIpc) is 2.67. The molecule has 2 aromatic carbocycles. The Morgan fingerprint density at radius 3 is 2.46 bits per heavy atom. The van der Waals surface area contributed by atoms with Gasteiger partial charge in [0.15, 0.2) is 5.78 Å². The van der Waals surface area contributed by atoms with E-state index in [1.807, 2.05) is 24.1 Å². The molecule has 1 heterocycles. The molecule has 0 radical (unpaired) electrons. The fourth-order valence-electron chi connectivity index (χ4n) is 3.07.